The lowest BCUT2D eigenvalue weighted by Crippen LogP contribution is -2.46. The molecule has 1 aliphatic heterocycles. The summed E-state index contributed by atoms with van der Waals surface area (Å²) < 4.78 is 9.34. The monoisotopic (exact) mass is 438 g/mol. The molecule has 168 valence electrons. The average Bonchev–Trinajstić information content (AvgIpc) is 3.32. The van der Waals surface area contributed by atoms with Crippen LogP contribution in [-0.2, 0) is 28.7 Å². The van der Waals surface area contributed by atoms with Gasteiger partial charge in [-0.3, -0.25) is 9.59 Å². The topological polar surface area (TPSA) is 103 Å². The van der Waals surface area contributed by atoms with Crippen LogP contribution in [0.3, 0.4) is 0 Å². The van der Waals surface area contributed by atoms with Gasteiger partial charge in [0.2, 0.25) is 6.10 Å². The molecule has 0 saturated carbocycles. The van der Waals surface area contributed by atoms with Crippen LogP contribution in [0.25, 0.3) is 0 Å². The number of carbonyl (C=O) groups is 3. The molecule has 2 aromatic carbocycles. The van der Waals surface area contributed by atoms with Gasteiger partial charge in [-0.2, -0.15) is 0 Å². The molecular formula is C24H26N2O6. The zero-order valence-electron chi connectivity index (χ0n) is 18.0. The minimum Gasteiger partial charge on any atom is -0.469 e. The van der Waals surface area contributed by atoms with Crippen molar-refractivity contribution in [3.05, 3.63) is 71.8 Å². The molecule has 2 atom stereocenters. The number of nitrogens with one attached hydrogen (secondary N) is 1. The lowest BCUT2D eigenvalue weighted by molar-refractivity contribution is -0.148. The molecule has 0 fully saturated rings. The van der Waals surface area contributed by atoms with Gasteiger partial charge < -0.3 is 19.6 Å². The Morgan fingerprint density at radius 2 is 1.59 bits per heavy atom. The van der Waals surface area contributed by atoms with Crippen LogP contribution in [0.5, 0.6) is 0 Å². The highest BCUT2D eigenvalue weighted by atomic mass is 16.6. The first-order chi connectivity index (χ1) is 15.5. The van der Waals surface area contributed by atoms with E-state index in [1.165, 1.54) is 14.2 Å². The number of benzene rings is 2. The van der Waals surface area contributed by atoms with Crippen LogP contribution in [0.2, 0.25) is 0 Å². The molecule has 8 nitrogen and oxygen atoms in total. The molecule has 1 N–H and O–H groups in total. The molecule has 0 spiro atoms. The molecule has 0 bridgehead atoms. The number of esters is 2. The van der Waals surface area contributed by atoms with Crippen LogP contribution in [0.1, 0.15) is 36.3 Å². The van der Waals surface area contributed by atoms with Crippen LogP contribution < -0.4 is 5.32 Å². The summed E-state index contributed by atoms with van der Waals surface area (Å²) in [5.41, 5.74) is 2.78. The number of amides is 1. The predicted octanol–water partition coefficient (Wildman–Crippen LogP) is 2.57. The Kier molecular flexibility index (Phi) is 7.96. The van der Waals surface area contributed by atoms with Gasteiger partial charge in [-0.25, -0.2) is 4.79 Å². The smallest absolute Gasteiger partial charge is 0.328 e. The first-order valence-electron chi connectivity index (χ1n) is 10.3. The van der Waals surface area contributed by atoms with Gasteiger partial charge in [0.05, 0.1) is 25.8 Å². The highest BCUT2D eigenvalue weighted by Crippen LogP contribution is 2.31. The second-order valence-corrected chi connectivity index (χ2v) is 7.33. The van der Waals surface area contributed by atoms with E-state index in [9.17, 15) is 14.4 Å². The quantitative estimate of drug-likeness (QED) is 0.604. The largest absolute Gasteiger partial charge is 0.469 e. The van der Waals surface area contributed by atoms with E-state index in [0.717, 1.165) is 11.1 Å². The van der Waals surface area contributed by atoms with E-state index in [0.29, 0.717) is 5.71 Å². The Hall–Kier alpha value is -3.68. The van der Waals surface area contributed by atoms with Crippen molar-refractivity contribution in [2.45, 2.75) is 37.3 Å². The van der Waals surface area contributed by atoms with Gasteiger partial charge in [-0.15, -0.1) is 0 Å². The summed E-state index contributed by atoms with van der Waals surface area (Å²) in [6.45, 7) is 0. The Balaban J connectivity index is 1.71. The standard InChI is InChI=1S/C24H26N2O6/c1-30-21(27)14-13-18(24(29)31-2)25-23(28)20-15-19(26-32-20)22(16-9-5-3-6-10-16)17-11-7-4-8-12-17/h3-12,18,20,22H,13-15H2,1-2H3,(H,25,28)/t18-,20?/m0/s1. The summed E-state index contributed by atoms with van der Waals surface area (Å²) in [4.78, 5) is 41.7. The van der Waals surface area contributed by atoms with E-state index in [2.05, 4.69) is 15.2 Å². The summed E-state index contributed by atoms with van der Waals surface area (Å²) >= 11 is 0. The number of ether oxygens (including phenoxy) is 2. The molecule has 0 aromatic heterocycles. The molecule has 2 aromatic rings. The first-order valence-corrected chi connectivity index (χ1v) is 10.3. The van der Waals surface area contributed by atoms with Crippen molar-refractivity contribution < 1.29 is 28.7 Å². The minimum absolute atomic E-state index is 0.0338. The molecule has 32 heavy (non-hydrogen) atoms. The lowest BCUT2D eigenvalue weighted by atomic mass is 9.85. The number of rotatable bonds is 9. The molecular weight excluding hydrogens is 412 g/mol. The van der Waals surface area contributed by atoms with Gasteiger partial charge in [0.1, 0.15) is 6.04 Å². The van der Waals surface area contributed by atoms with Crippen LogP contribution in [0, 0.1) is 0 Å². The van der Waals surface area contributed by atoms with Crippen molar-refractivity contribution in [2.24, 2.45) is 5.16 Å². The molecule has 1 aliphatic rings. The second kappa shape index (κ2) is 11.1. The molecule has 1 amide bonds. The van der Waals surface area contributed by atoms with Gasteiger partial charge in [-0.05, 0) is 17.5 Å². The molecule has 1 unspecified atom stereocenters. The van der Waals surface area contributed by atoms with Crippen molar-refractivity contribution in [3.63, 3.8) is 0 Å². The fourth-order valence-corrected chi connectivity index (χ4v) is 3.60. The fraction of sp³-hybridized carbons (Fsp3) is 0.333. The minimum atomic E-state index is -0.988. The normalized spacial score (nSPS) is 16.0. The van der Waals surface area contributed by atoms with E-state index >= 15 is 0 Å². The summed E-state index contributed by atoms with van der Waals surface area (Å²) in [5, 5.41) is 6.83. The number of oxime groups is 1. The predicted molar refractivity (Wildman–Crippen MR) is 117 cm³/mol. The number of carbonyl (C=O) groups excluding carboxylic acids is 3. The maximum absolute atomic E-state index is 12.8. The Bertz CT molecular complexity index is 921. The van der Waals surface area contributed by atoms with E-state index in [4.69, 9.17) is 9.57 Å². The van der Waals surface area contributed by atoms with Crippen molar-refractivity contribution >= 4 is 23.6 Å². The third-order valence-electron chi connectivity index (χ3n) is 5.25. The van der Waals surface area contributed by atoms with Crippen LogP contribution in [0.4, 0.5) is 0 Å². The van der Waals surface area contributed by atoms with E-state index in [-0.39, 0.29) is 25.2 Å². The van der Waals surface area contributed by atoms with Gasteiger partial charge in [-0.1, -0.05) is 65.8 Å². The Labute approximate surface area is 186 Å². The van der Waals surface area contributed by atoms with Crippen molar-refractivity contribution in [3.8, 4) is 0 Å². The van der Waals surface area contributed by atoms with E-state index in [1.807, 2.05) is 60.7 Å². The zero-order chi connectivity index (χ0) is 22.9. The lowest BCUT2D eigenvalue weighted by Gasteiger charge is -2.19. The fourth-order valence-electron chi connectivity index (χ4n) is 3.60. The molecule has 0 radical (unpaired) electrons. The molecule has 1 heterocycles. The number of methoxy groups -OCH3 is 2. The highest BCUT2D eigenvalue weighted by molar-refractivity contribution is 5.99. The summed E-state index contributed by atoms with van der Waals surface area (Å²) in [7, 11) is 2.48. The van der Waals surface area contributed by atoms with Crippen molar-refractivity contribution in [1.29, 1.82) is 0 Å². The number of hydrogen-bond donors (Lipinski definition) is 1. The Morgan fingerprint density at radius 3 is 2.12 bits per heavy atom. The molecule has 3 rings (SSSR count). The number of nitrogens with zero attached hydrogens (tertiary/aromatic N) is 1. The highest BCUT2D eigenvalue weighted by Gasteiger charge is 2.35. The Morgan fingerprint density at radius 1 is 1.00 bits per heavy atom. The van der Waals surface area contributed by atoms with Gasteiger partial charge in [0.15, 0.2) is 0 Å². The van der Waals surface area contributed by atoms with Gasteiger partial charge >= 0.3 is 11.9 Å². The third-order valence-corrected chi connectivity index (χ3v) is 5.25. The summed E-state index contributed by atoms with van der Waals surface area (Å²) in [5.74, 6) is -1.79. The maximum atomic E-state index is 12.8. The summed E-state index contributed by atoms with van der Waals surface area (Å²) in [6.07, 6.45) is -0.591. The molecule has 0 saturated heterocycles. The first kappa shape index (κ1) is 23.0. The van der Waals surface area contributed by atoms with Gasteiger partial charge in [0.25, 0.3) is 5.91 Å². The van der Waals surface area contributed by atoms with E-state index < -0.39 is 30.0 Å². The maximum Gasteiger partial charge on any atom is 0.328 e. The van der Waals surface area contributed by atoms with Crippen molar-refractivity contribution in [2.75, 3.05) is 14.2 Å². The van der Waals surface area contributed by atoms with Gasteiger partial charge in [0, 0.05) is 12.8 Å². The third kappa shape index (κ3) is 5.72. The van der Waals surface area contributed by atoms with Crippen LogP contribution in [0.15, 0.2) is 65.8 Å². The van der Waals surface area contributed by atoms with Crippen LogP contribution in [-0.4, -0.2) is 49.9 Å². The average molecular weight is 438 g/mol. The van der Waals surface area contributed by atoms with Crippen LogP contribution >= 0.6 is 0 Å². The zero-order valence-corrected chi connectivity index (χ0v) is 18.0. The van der Waals surface area contributed by atoms with E-state index in [1.54, 1.807) is 0 Å². The summed E-state index contributed by atoms with van der Waals surface area (Å²) in [6, 6.07) is 18.7. The SMILES string of the molecule is COC(=O)CC[C@H](NC(=O)C1CC(C(c2ccccc2)c2ccccc2)=NO1)C(=O)OC. The van der Waals surface area contributed by atoms with Crippen molar-refractivity contribution in [1.82, 2.24) is 5.32 Å². The molecule has 8 heteroatoms. The second-order valence-electron chi connectivity index (χ2n) is 7.33. The number of hydrogen-bond acceptors (Lipinski definition) is 7. The molecule has 0 aliphatic carbocycles.